The molecule has 2 fully saturated rings. The number of halogens is 1. The summed E-state index contributed by atoms with van der Waals surface area (Å²) in [6, 6.07) is 12.8. The van der Waals surface area contributed by atoms with Crippen molar-refractivity contribution in [1.82, 2.24) is 14.8 Å². The van der Waals surface area contributed by atoms with Crippen molar-refractivity contribution in [2.75, 3.05) is 26.2 Å². The van der Waals surface area contributed by atoms with E-state index < -0.39 is 5.97 Å². The number of aryl methyl sites for hydroxylation is 1. The third-order valence-electron chi connectivity index (χ3n) is 9.02. The zero-order chi connectivity index (χ0) is 30.1. The highest BCUT2D eigenvalue weighted by Gasteiger charge is 2.35. The Morgan fingerprint density at radius 3 is 2.44 bits per heavy atom. The summed E-state index contributed by atoms with van der Waals surface area (Å²) in [5.74, 6) is 0.00191. The summed E-state index contributed by atoms with van der Waals surface area (Å²) < 4.78 is 19.8. The SMILES string of the molecule is CCCc1nc2c(cc1C(=O)O)C(=O)N(C1CCN(Cc3cc(OCC)c(-c4ccc(F)cc4)c(C4CC4)c3)CC1)CC2. The number of ether oxygens (including phenoxy) is 1. The van der Waals surface area contributed by atoms with Gasteiger partial charge in [-0.15, -0.1) is 0 Å². The van der Waals surface area contributed by atoms with Crippen LogP contribution >= 0.6 is 0 Å². The van der Waals surface area contributed by atoms with Gasteiger partial charge in [-0.1, -0.05) is 31.5 Å². The molecule has 3 aliphatic rings. The van der Waals surface area contributed by atoms with Crippen molar-refractivity contribution in [2.45, 2.75) is 77.3 Å². The minimum absolute atomic E-state index is 0.0930. The number of pyridine rings is 1. The largest absolute Gasteiger partial charge is 0.493 e. The van der Waals surface area contributed by atoms with E-state index in [0.29, 0.717) is 43.2 Å². The third-order valence-corrected chi connectivity index (χ3v) is 9.02. The molecule has 7 nitrogen and oxygen atoms in total. The Balaban J connectivity index is 1.16. The second-order valence-corrected chi connectivity index (χ2v) is 12.1. The number of hydrogen-bond acceptors (Lipinski definition) is 5. The van der Waals surface area contributed by atoms with E-state index in [1.165, 1.54) is 23.3 Å². The van der Waals surface area contributed by atoms with Crippen molar-refractivity contribution in [3.8, 4) is 16.9 Å². The average molecular weight is 586 g/mol. The minimum Gasteiger partial charge on any atom is -0.493 e. The maximum atomic E-state index is 13.7. The molecule has 0 atom stereocenters. The molecule has 3 aromatic rings. The maximum Gasteiger partial charge on any atom is 0.337 e. The summed E-state index contributed by atoms with van der Waals surface area (Å²) in [5.41, 5.74) is 6.47. The molecule has 1 N–H and O–H groups in total. The van der Waals surface area contributed by atoms with Crippen molar-refractivity contribution in [2.24, 2.45) is 0 Å². The highest BCUT2D eigenvalue weighted by atomic mass is 19.1. The van der Waals surface area contributed by atoms with Gasteiger partial charge >= 0.3 is 5.97 Å². The molecule has 2 aliphatic heterocycles. The predicted molar refractivity (Wildman–Crippen MR) is 163 cm³/mol. The Morgan fingerprint density at radius 1 is 1.05 bits per heavy atom. The lowest BCUT2D eigenvalue weighted by Gasteiger charge is -2.40. The number of carbonyl (C=O) groups excluding carboxylic acids is 1. The number of likely N-dealkylation sites (tertiary alicyclic amines) is 1. The number of aromatic carboxylic acids is 1. The van der Waals surface area contributed by atoms with Crippen LogP contribution in [0.15, 0.2) is 42.5 Å². The van der Waals surface area contributed by atoms with Gasteiger partial charge in [0.15, 0.2) is 0 Å². The van der Waals surface area contributed by atoms with Gasteiger partial charge < -0.3 is 14.7 Å². The molecule has 1 amide bonds. The van der Waals surface area contributed by atoms with Crippen LogP contribution in [0.2, 0.25) is 0 Å². The molecule has 43 heavy (non-hydrogen) atoms. The van der Waals surface area contributed by atoms with Gasteiger partial charge in [-0.25, -0.2) is 9.18 Å². The van der Waals surface area contributed by atoms with Gasteiger partial charge in [-0.3, -0.25) is 14.7 Å². The average Bonchev–Trinajstić information content (AvgIpc) is 3.84. The molecule has 6 rings (SSSR count). The van der Waals surface area contributed by atoms with Gasteiger partial charge in [0.05, 0.1) is 29.1 Å². The van der Waals surface area contributed by atoms with Crippen molar-refractivity contribution in [3.05, 3.63) is 81.9 Å². The number of carboxylic acids is 1. The van der Waals surface area contributed by atoms with Gasteiger partial charge in [-0.05, 0) is 85.9 Å². The Morgan fingerprint density at radius 2 is 1.79 bits per heavy atom. The summed E-state index contributed by atoms with van der Waals surface area (Å²) in [4.78, 5) is 34.5. The number of carbonyl (C=O) groups is 2. The van der Waals surface area contributed by atoms with E-state index in [-0.39, 0.29) is 23.3 Å². The van der Waals surface area contributed by atoms with Crippen LogP contribution in [-0.2, 0) is 19.4 Å². The molecule has 1 saturated carbocycles. The van der Waals surface area contributed by atoms with Crippen molar-refractivity contribution in [3.63, 3.8) is 0 Å². The number of aromatic nitrogens is 1. The van der Waals surface area contributed by atoms with E-state index in [4.69, 9.17) is 4.74 Å². The molecule has 0 bridgehead atoms. The number of nitrogens with zero attached hydrogens (tertiary/aromatic N) is 3. The number of benzene rings is 2. The van der Waals surface area contributed by atoms with Crippen LogP contribution in [0, 0.1) is 5.82 Å². The molecule has 2 aromatic carbocycles. The molecule has 226 valence electrons. The first kappa shape index (κ1) is 29.3. The van der Waals surface area contributed by atoms with Gasteiger partial charge in [0, 0.05) is 44.2 Å². The van der Waals surface area contributed by atoms with Crippen LogP contribution in [0.4, 0.5) is 4.39 Å². The highest BCUT2D eigenvalue weighted by molar-refractivity contribution is 5.99. The lowest BCUT2D eigenvalue weighted by molar-refractivity contribution is 0.0543. The van der Waals surface area contributed by atoms with Crippen LogP contribution in [0.1, 0.15) is 95.1 Å². The van der Waals surface area contributed by atoms with Crippen molar-refractivity contribution >= 4 is 11.9 Å². The van der Waals surface area contributed by atoms with E-state index in [9.17, 15) is 19.1 Å². The van der Waals surface area contributed by atoms with E-state index >= 15 is 0 Å². The molecule has 8 heteroatoms. The van der Waals surface area contributed by atoms with Gasteiger partial charge in [-0.2, -0.15) is 0 Å². The summed E-state index contributed by atoms with van der Waals surface area (Å²) in [7, 11) is 0. The second kappa shape index (κ2) is 12.4. The van der Waals surface area contributed by atoms with Crippen molar-refractivity contribution < 1.29 is 23.8 Å². The maximum absolute atomic E-state index is 13.7. The summed E-state index contributed by atoms with van der Waals surface area (Å²) >= 11 is 0. The van der Waals surface area contributed by atoms with Crippen LogP contribution < -0.4 is 4.74 Å². The Kier molecular flexibility index (Phi) is 8.48. The monoisotopic (exact) mass is 585 g/mol. The molecular formula is C35H40FN3O4. The number of amides is 1. The first-order valence-electron chi connectivity index (χ1n) is 15.7. The van der Waals surface area contributed by atoms with E-state index in [1.54, 1.807) is 6.07 Å². The summed E-state index contributed by atoms with van der Waals surface area (Å²) in [6.45, 7) is 7.72. The standard InChI is InChI=1S/C35H40FN3O4/c1-3-5-30-29(35(41)42)20-28-31(37-30)14-17-39(34(28)40)26-12-15-38(16-13-26)21-22-18-27(23-6-7-23)33(32(19-22)43-4-2)24-8-10-25(36)11-9-24/h8-11,18-20,23,26H,3-7,12-17,21H2,1-2H3,(H,41,42). The first-order chi connectivity index (χ1) is 20.9. The van der Waals surface area contributed by atoms with Crippen LogP contribution in [0.5, 0.6) is 5.75 Å². The quantitative estimate of drug-likeness (QED) is 0.293. The van der Waals surface area contributed by atoms with Gasteiger partial charge in [0.2, 0.25) is 0 Å². The second-order valence-electron chi connectivity index (χ2n) is 12.1. The summed E-state index contributed by atoms with van der Waals surface area (Å²) in [5, 5.41) is 9.73. The summed E-state index contributed by atoms with van der Waals surface area (Å²) in [6.07, 6.45) is 6.11. The topological polar surface area (TPSA) is 83.0 Å². The predicted octanol–water partition coefficient (Wildman–Crippen LogP) is 6.48. The molecule has 1 aliphatic carbocycles. The van der Waals surface area contributed by atoms with Gasteiger partial charge in [0.25, 0.3) is 5.91 Å². The molecular weight excluding hydrogens is 545 g/mol. The molecule has 1 aromatic heterocycles. The smallest absolute Gasteiger partial charge is 0.337 e. The fourth-order valence-electron chi connectivity index (χ4n) is 6.76. The van der Waals surface area contributed by atoms with E-state index in [2.05, 4.69) is 22.0 Å². The Labute approximate surface area is 252 Å². The molecule has 3 heterocycles. The van der Waals surface area contributed by atoms with Crippen LogP contribution in [-0.4, -0.2) is 64.0 Å². The van der Waals surface area contributed by atoms with Crippen LogP contribution in [0.3, 0.4) is 0 Å². The zero-order valence-electron chi connectivity index (χ0n) is 25.1. The van der Waals surface area contributed by atoms with Crippen LogP contribution in [0.25, 0.3) is 11.1 Å². The molecule has 0 radical (unpaired) electrons. The Hall–Kier alpha value is -3.78. The molecule has 0 spiro atoms. The number of hydrogen-bond donors (Lipinski definition) is 1. The molecule has 0 unspecified atom stereocenters. The fourth-order valence-corrected chi connectivity index (χ4v) is 6.76. The van der Waals surface area contributed by atoms with E-state index in [1.807, 2.05) is 30.9 Å². The highest BCUT2D eigenvalue weighted by Crippen LogP contribution is 2.48. The lowest BCUT2D eigenvalue weighted by Crippen LogP contribution is -2.50. The number of rotatable bonds is 10. The van der Waals surface area contributed by atoms with Gasteiger partial charge in [0.1, 0.15) is 11.6 Å². The Bertz CT molecular complexity index is 1510. The lowest BCUT2D eigenvalue weighted by atomic mass is 9.92. The number of piperidine rings is 1. The fraction of sp³-hybridized carbons (Fsp3) is 0.457. The first-order valence-corrected chi connectivity index (χ1v) is 15.7. The zero-order valence-corrected chi connectivity index (χ0v) is 25.1. The molecule has 1 saturated heterocycles. The van der Waals surface area contributed by atoms with Crippen molar-refractivity contribution in [1.29, 1.82) is 0 Å². The minimum atomic E-state index is -1.03. The normalized spacial score (nSPS) is 17.7. The van der Waals surface area contributed by atoms with E-state index in [0.717, 1.165) is 74.3 Å². The third kappa shape index (κ3) is 6.16. The number of fused-ring (bicyclic) bond motifs is 1. The number of carboxylic acid groups (broad SMARTS) is 1.